The Morgan fingerprint density at radius 3 is 2.54 bits per heavy atom. The van der Waals surface area contributed by atoms with Gasteiger partial charge >= 0.3 is 6.61 Å². The predicted molar refractivity (Wildman–Crippen MR) is 98.1 cm³/mol. The van der Waals surface area contributed by atoms with Gasteiger partial charge in [0.1, 0.15) is 0 Å². The van der Waals surface area contributed by atoms with Crippen molar-refractivity contribution in [2.24, 2.45) is 0 Å². The van der Waals surface area contributed by atoms with E-state index in [2.05, 4.69) is 4.74 Å². The van der Waals surface area contributed by atoms with Crippen molar-refractivity contribution in [3.63, 3.8) is 0 Å². The highest BCUT2D eigenvalue weighted by molar-refractivity contribution is 5.94. The van der Waals surface area contributed by atoms with E-state index in [4.69, 9.17) is 10.5 Å². The fraction of sp³-hybridized carbons (Fsp3) is 0.278. The summed E-state index contributed by atoms with van der Waals surface area (Å²) in [6.07, 6.45) is 0. The van der Waals surface area contributed by atoms with E-state index >= 15 is 0 Å². The van der Waals surface area contributed by atoms with E-state index in [1.54, 1.807) is 50.4 Å². The number of anilines is 1. The van der Waals surface area contributed by atoms with Gasteiger partial charge < -0.3 is 20.1 Å². The maximum atomic E-state index is 12.4. The number of amides is 1. The van der Waals surface area contributed by atoms with Crippen LogP contribution in [0.1, 0.15) is 22.8 Å². The highest BCUT2D eigenvalue weighted by Gasteiger charge is 2.15. The molecule has 2 rings (SSSR count). The molecular formula is C18H21ClF2N2O3. The number of nitrogens with zero attached hydrogens (tertiary/aromatic N) is 1. The second-order valence-corrected chi connectivity index (χ2v) is 5.38. The lowest BCUT2D eigenvalue weighted by Crippen LogP contribution is -2.26. The van der Waals surface area contributed by atoms with E-state index in [0.717, 1.165) is 5.56 Å². The number of nitrogens with two attached hydrogens (primary N) is 1. The van der Waals surface area contributed by atoms with E-state index in [0.29, 0.717) is 17.9 Å². The van der Waals surface area contributed by atoms with Gasteiger partial charge in [-0.3, -0.25) is 4.79 Å². The predicted octanol–water partition coefficient (Wildman–Crippen LogP) is 3.96. The summed E-state index contributed by atoms with van der Waals surface area (Å²) in [5, 5.41) is 0. The minimum absolute atomic E-state index is 0. The number of carbonyl (C=O) groups is 1. The van der Waals surface area contributed by atoms with E-state index < -0.39 is 6.61 Å². The SMILES string of the molecule is CCOc1cc(CN(C)C(=O)c2cccc(N)c2)ccc1OC(F)F.Cl. The van der Waals surface area contributed by atoms with Crippen LogP contribution in [-0.2, 0) is 6.54 Å². The maximum Gasteiger partial charge on any atom is 0.387 e. The number of nitrogen functional groups attached to an aromatic ring is 1. The van der Waals surface area contributed by atoms with Crippen molar-refractivity contribution in [2.75, 3.05) is 19.4 Å². The summed E-state index contributed by atoms with van der Waals surface area (Å²) in [4.78, 5) is 13.9. The highest BCUT2D eigenvalue weighted by Crippen LogP contribution is 2.30. The fourth-order valence-corrected chi connectivity index (χ4v) is 2.35. The van der Waals surface area contributed by atoms with Gasteiger partial charge in [0, 0.05) is 24.8 Å². The van der Waals surface area contributed by atoms with Crippen molar-refractivity contribution in [1.29, 1.82) is 0 Å². The number of hydrogen-bond acceptors (Lipinski definition) is 4. The molecule has 8 heteroatoms. The molecule has 0 heterocycles. The summed E-state index contributed by atoms with van der Waals surface area (Å²) < 4.78 is 34.7. The van der Waals surface area contributed by atoms with Crippen LogP contribution in [0, 0.1) is 0 Å². The number of ether oxygens (including phenoxy) is 2. The van der Waals surface area contributed by atoms with Gasteiger partial charge in [-0.1, -0.05) is 12.1 Å². The molecule has 0 fully saturated rings. The van der Waals surface area contributed by atoms with E-state index in [-0.39, 0.29) is 36.4 Å². The molecule has 5 nitrogen and oxygen atoms in total. The molecule has 2 aromatic carbocycles. The van der Waals surface area contributed by atoms with Crippen LogP contribution in [0.25, 0.3) is 0 Å². The van der Waals surface area contributed by atoms with Gasteiger partial charge in [-0.15, -0.1) is 12.4 Å². The van der Waals surface area contributed by atoms with Crippen molar-refractivity contribution in [3.8, 4) is 11.5 Å². The zero-order valence-corrected chi connectivity index (χ0v) is 15.3. The lowest BCUT2D eigenvalue weighted by molar-refractivity contribution is -0.0514. The van der Waals surface area contributed by atoms with E-state index in [1.807, 2.05) is 0 Å². The lowest BCUT2D eigenvalue weighted by atomic mass is 10.1. The number of hydrogen-bond donors (Lipinski definition) is 1. The molecule has 0 aliphatic rings. The monoisotopic (exact) mass is 386 g/mol. The third-order valence-corrected chi connectivity index (χ3v) is 3.42. The molecule has 0 saturated heterocycles. The lowest BCUT2D eigenvalue weighted by Gasteiger charge is -2.19. The largest absolute Gasteiger partial charge is 0.490 e. The number of benzene rings is 2. The second-order valence-electron chi connectivity index (χ2n) is 5.38. The zero-order chi connectivity index (χ0) is 18.4. The summed E-state index contributed by atoms with van der Waals surface area (Å²) >= 11 is 0. The molecule has 0 aliphatic carbocycles. The van der Waals surface area contributed by atoms with Crippen LogP contribution in [0.4, 0.5) is 14.5 Å². The first-order valence-electron chi connectivity index (χ1n) is 7.72. The van der Waals surface area contributed by atoms with Crippen LogP contribution in [0.2, 0.25) is 0 Å². The number of alkyl halides is 2. The van der Waals surface area contributed by atoms with Crippen LogP contribution < -0.4 is 15.2 Å². The smallest absolute Gasteiger partial charge is 0.387 e. The molecular weight excluding hydrogens is 366 g/mol. The first-order valence-corrected chi connectivity index (χ1v) is 7.72. The minimum Gasteiger partial charge on any atom is -0.490 e. The van der Waals surface area contributed by atoms with E-state index in [9.17, 15) is 13.6 Å². The Hall–Kier alpha value is -2.54. The third kappa shape index (κ3) is 5.77. The Labute approximate surface area is 157 Å². The van der Waals surface area contributed by atoms with Gasteiger partial charge in [0.25, 0.3) is 5.91 Å². The molecule has 142 valence electrons. The van der Waals surface area contributed by atoms with Crippen molar-refractivity contribution < 1.29 is 23.0 Å². The van der Waals surface area contributed by atoms with Gasteiger partial charge in [0.15, 0.2) is 11.5 Å². The molecule has 26 heavy (non-hydrogen) atoms. The van der Waals surface area contributed by atoms with Gasteiger partial charge in [-0.25, -0.2) is 0 Å². The average molecular weight is 387 g/mol. The molecule has 0 bridgehead atoms. The number of halogens is 3. The molecule has 1 amide bonds. The molecule has 0 aromatic heterocycles. The van der Waals surface area contributed by atoms with Gasteiger partial charge in [0.2, 0.25) is 0 Å². The first-order chi connectivity index (χ1) is 11.9. The summed E-state index contributed by atoms with van der Waals surface area (Å²) in [7, 11) is 1.65. The zero-order valence-electron chi connectivity index (χ0n) is 14.4. The van der Waals surface area contributed by atoms with Crippen molar-refractivity contribution >= 4 is 24.0 Å². The van der Waals surface area contributed by atoms with Crippen molar-refractivity contribution in [2.45, 2.75) is 20.1 Å². The van der Waals surface area contributed by atoms with Crippen LogP contribution in [-0.4, -0.2) is 31.1 Å². The van der Waals surface area contributed by atoms with Crippen molar-refractivity contribution in [1.82, 2.24) is 4.90 Å². The minimum atomic E-state index is -2.93. The standard InChI is InChI=1S/C18H20F2N2O3.ClH/c1-3-24-16-9-12(7-8-15(16)25-18(19)20)11-22(2)17(23)13-5-4-6-14(21)10-13;/h4-10,18H,3,11,21H2,1-2H3;1H. The van der Waals surface area contributed by atoms with Gasteiger partial charge in [-0.05, 0) is 42.8 Å². The molecule has 0 spiro atoms. The molecule has 0 unspecified atom stereocenters. The Balaban J connectivity index is 0.00000338. The van der Waals surface area contributed by atoms with Gasteiger partial charge in [-0.2, -0.15) is 8.78 Å². The summed E-state index contributed by atoms with van der Waals surface area (Å²) in [6.45, 7) is -0.601. The highest BCUT2D eigenvalue weighted by atomic mass is 35.5. The summed E-state index contributed by atoms with van der Waals surface area (Å²) in [5.41, 5.74) is 7.41. The Morgan fingerprint density at radius 2 is 1.92 bits per heavy atom. The second kappa shape index (κ2) is 9.82. The number of carbonyl (C=O) groups excluding carboxylic acids is 1. The molecule has 0 aliphatic heterocycles. The Bertz CT molecular complexity index is 744. The number of rotatable bonds is 7. The molecule has 0 saturated carbocycles. The van der Waals surface area contributed by atoms with Crippen LogP contribution in [0.15, 0.2) is 42.5 Å². The van der Waals surface area contributed by atoms with Crippen LogP contribution >= 0.6 is 12.4 Å². The normalized spacial score (nSPS) is 10.2. The van der Waals surface area contributed by atoms with Crippen molar-refractivity contribution in [3.05, 3.63) is 53.6 Å². The van der Waals surface area contributed by atoms with Gasteiger partial charge in [0.05, 0.1) is 6.61 Å². The average Bonchev–Trinajstić information content (AvgIpc) is 2.56. The molecule has 0 radical (unpaired) electrons. The molecule has 0 atom stereocenters. The van der Waals surface area contributed by atoms with Crippen LogP contribution in [0.5, 0.6) is 11.5 Å². The topological polar surface area (TPSA) is 64.8 Å². The Morgan fingerprint density at radius 1 is 1.19 bits per heavy atom. The maximum absolute atomic E-state index is 12.4. The summed E-state index contributed by atoms with van der Waals surface area (Å²) in [5.74, 6) is -0.0197. The van der Waals surface area contributed by atoms with Crippen LogP contribution in [0.3, 0.4) is 0 Å². The molecule has 2 aromatic rings. The van der Waals surface area contributed by atoms with E-state index in [1.165, 1.54) is 11.0 Å². The quantitative estimate of drug-likeness (QED) is 0.731. The third-order valence-electron chi connectivity index (χ3n) is 3.42. The summed E-state index contributed by atoms with van der Waals surface area (Å²) in [6, 6.07) is 11.3. The first kappa shape index (κ1) is 21.5. The molecule has 2 N–H and O–H groups in total. The fourth-order valence-electron chi connectivity index (χ4n) is 2.35. The Kier molecular flexibility index (Phi) is 8.12.